The van der Waals surface area contributed by atoms with Crippen molar-refractivity contribution in [3.05, 3.63) is 0 Å². The molecule has 1 atom stereocenters. The number of halogens is 5. The van der Waals surface area contributed by atoms with Crippen molar-refractivity contribution in [2.45, 2.75) is 15.6 Å². The first-order valence-corrected chi connectivity index (χ1v) is 4.33. The number of hydrogen-bond acceptors (Lipinski definition) is 0. The van der Waals surface area contributed by atoms with Crippen LogP contribution in [0.2, 0.25) is 0 Å². The van der Waals surface area contributed by atoms with Gasteiger partial charge in [0.2, 0.25) is 0 Å². The maximum absolute atomic E-state index is 5.56. The minimum atomic E-state index is -1.28. The highest BCUT2D eigenvalue weighted by molar-refractivity contribution is 6.67. The Morgan fingerprint density at radius 2 is 1.67 bits per heavy atom. The van der Waals surface area contributed by atoms with Crippen molar-refractivity contribution in [2.75, 3.05) is 5.88 Å². The summed E-state index contributed by atoms with van der Waals surface area (Å²) in [5.74, 6) is 0.301. The zero-order valence-electron chi connectivity index (χ0n) is 4.38. The van der Waals surface area contributed by atoms with Gasteiger partial charge < -0.3 is 0 Å². The number of rotatable bonds is 2. The van der Waals surface area contributed by atoms with E-state index in [1.165, 1.54) is 0 Å². The molecule has 0 saturated heterocycles. The van der Waals surface area contributed by atoms with Crippen LogP contribution in [0.25, 0.3) is 0 Å². The summed E-state index contributed by atoms with van der Waals surface area (Å²) < 4.78 is -1.28. The van der Waals surface area contributed by atoms with Gasteiger partial charge in [0.1, 0.15) is 0 Å². The first-order valence-electron chi connectivity index (χ1n) is 2.22. The Kier molecular flexibility index (Phi) is 5.05. The SMILES string of the molecule is ClCC(Cl)CC(Cl)(Cl)Cl. The molecule has 0 bridgehead atoms. The second-order valence-electron chi connectivity index (χ2n) is 1.57. The first kappa shape index (κ1) is 10.4. The lowest BCUT2D eigenvalue weighted by Crippen LogP contribution is -2.12. The minimum absolute atomic E-state index is 0.265. The molecule has 0 spiro atoms. The average molecular weight is 230 g/mol. The third-order valence-electron chi connectivity index (χ3n) is 0.620. The van der Waals surface area contributed by atoms with E-state index in [2.05, 4.69) is 0 Å². The quantitative estimate of drug-likeness (QED) is 0.636. The van der Waals surface area contributed by atoms with Gasteiger partial charge in [-0.3, -0.25) is 0 Å². The van der Waals surface area contributed by atoms with Crippen LogP contribution < -0.4 is 0 Å². The summed E-state index contributed by atoms with van der Waals surface area (Å²) in [6.07, 6.45) is 0.280. The molecule has 0 rings (SSSR count). The normalized spacial score (nSPS) is 15.7. The van der Waals surface area contributed by atoms with Crippen LogP contribution in [0.15, 0.2) is 0 Å². The third-order valence-corrected chi connectivity index (χ3v) is 1.92. The highest BCUT2D eigenvalue weighted by Crippen LogP contribution is 2.32. The molecule has 0 fully saturated rings. The standard InChI is InChI=1S/C4H5Cl5/c5-2-3(6)1-4(7,8)9/h3H,1-2H2. The summed E-state index contributed by atoms with van der Waals surface area (Å²) >= 11 is 27.1. The molecule has 0 N–H and O–H groups in total. The number of hydrogen-bond donors (Lipinski definition) is 0. The van der Waals surface area contributed by atoms with E-state index in [0.717, 1.165) is 0 Å². The molecule has 5 heteroatoms. The fourth-order valence-corrected chi connectivity index (χ4v) is 1.44. The Balaban J connectivity index is 3.47. The van der Waals surface area contributed by atoms with Gasteiger partial charge in [-0.1, -0.05) is 34.8 Å². The van der Waals surface area contributed by atoms with Crippen LogP contribution >= 0.6 is 58.0 Å². The third kappa shape index (κ3) is 7.35. The minimum Gasteiger partial charge on any atom is -0.125 e. The van der Waals surface area contributed by atoms with Crippen LogP contribution in [0.4, 0.5) is 0 Å². The van der Waals surface area contributed by atoms with Gasteiger partial charge in [0, 0.05) is 12.3 Å². The smallest absolute Gasteiger partial charge is 0.125 e. The van der Waals surface area contributed by atoms with Gasteiger partial charge in [-0.2, -0.15) is 0 Å². The van der Waals surface area contributed by atoms with E-state index in [9.17, 15) is 0 Å². The molecule has 0 aromatic rings. The van der Waals surface area contributed by atoms with E-state index in [0.29, 0.717) is 5.88 Å². The fourth-order valence-electron chi connectivity index (χ4n) is 0.306. The Hall–Kier alpha value is 1.45. The lowest BCUT2D eigenvalue weighted by atomic mass is 10.4. The summed E-state index contributed by atoms with van der Waals surface area (Å²) in [6, 6.07) is 0. The van der Waals surface area contributed by atoms with Crippen LogP contribution in [0.1, 0.15) is 6.42 Å². The van der Waals surface area contributed by atoms with Gasteiger partial charge in [-0.05, 0) is 0 Å². The Bertz CT molecular complexity index is 75.5. The zero-order valence-corrected chi connectivity index (χ0v) is 8.16. The van der Waals surface area contributed by atoms with Gasteiger partial charge >= 0.3 is 0 Å². The molecule has 0 heterocycles. The summed E-state index contributed by atoms with van der Waals surface area (Å²) in [4.78, 5) is 0. The van der Waals surface area contributed by atoms with Crippen LogP contribution in [0.3, 0.4) is 0 Å². The summed E-state index contributed by atoms with van der Waals surface area (Å²) in [7, 11) is 0. The second kappa shape index (κ2) is 4.35. The van der Waals surface area contributed by atoms with Crippen molar-refractivity contribution in [2.24, 2.45) is 0 Å². The van der Waals surface area contributed by atoms with E-state index in [1.807, 2.05) is 0 Å². The van der Waals surface area contributed by atoms with E-state index in [4.69, 9.17) is 58.0 Å². The Labute approximate surface area is 79.4 Å². The predicted molar refractivity (Wildman–Crippen MR) is 45.3 cm³/mol. The van der Waals surface area contributed by atoms with E-state index in [-0.39, 0.29) is 11.8 Å². The topological polar surface area (TPSA) is 0 Å². The van der Waals surface area contributed by atoms with Crippen molar-refractivity contribution in [1.82, 2.24) is 0 Å². The maximum Gasteiger partial charge on any atom is 0.192 e. The van der Waals surface area contributed by atoms with Crippen molar-refractivity contribution < 1.29 is 0 Å². The highest BCUT2D eigenvalue weighted by atomic mass is 35.6. The molecule has 56 valence electrons. The van der Waals surface area contributed by atoms with Gasteiger partial charge in [0.05, 0.1) is 5.38 Å². The average Bonchev–Trinajstić information content (AvgIpc) is 1.62. The molecule has 0 nitrogen and oxygen atoms in total. The van der Waals surface area contributed by atoms with Crippen molar-refractivity contribution in [3.8, 4) is 0 Å². The van der Waals surface area contributed by atoms with Crippen LogP contribution in [0.5, 0.6) is 0 Å². The molecule has 0 saturated carbocycles. The molecule has 0 aliphatic carbocycles. The predicted octanol–water partition coefficient (Wildman–Crippen LogP) is 3.59. The van der Waals surface area contributed by atoms with Gasteiger partial charge in [0.15, 0.2) is 3.79 Å². The molecule has 0 aromatic carbocycles. The maximum atomic E-state index is 5.56. The van der Waals surface area contributed by atoms with E-state index in [1.54, 1.807) is 0 Å². The Morgan fingerprint density at radius 1 is 1.22 bits per heavy atom. The first-order chi connectivity index (χ1) is 3.95. The zero-order chi connectivity index (χ0) is 7.49. The number of alkyl halides is 5. The molecule has 0 radical (unpaired) electrons. The van der Waals surface area contributed by atoms with Crippen LogP contribution in [-0.4, -0.2) is 15.0 Å². The summed E-state index contributed by atoms with van der Waals surface area (Å²) in [5.41, 5.74) is 0. The van der Waals surface area contributed by atoms with Crippen molar-refractivity contribution in [3.63, 3.8) is 0 Å². The molecule has 9 heavy (non-hydrogen) atoms. The monoisotopic (exact) mass is 228 g/mol. The fraction of sp³-hybridized carbons (Fsp3) is 1.00. The Morgan fingerprint density at radius 3 is 1.78 bits per heavy atom. The van der Waals surface area contributed by atoms with E-state index >= 15 is 0 Å². The second-order valence-corrected chi connectivity index (χ2v) is 5.01. The molecule has 1 unspecified atom stereocenters. The van der Waals surface area contributed by atoms with Crippen LogP contribution in [0, 0.1) is 0 Å². The van der Waals surface area contributed by atoms with E-state index < -0.39 is 3.79 Å². The van der Waals surface area contributed by atoms with Crippen molar-refractivity contribution >= 4 is 58.0 Å². The summed E-state index contributed by atoms with van der Waals surface area (Å²) in [5, 5.41) is -0.265. The molecule has 0 aromatic heterocycles. The molecular formula is C4H5Cl5. The molecule has 0 amide bonds. The molecular weight excluding hydrogens is 225 g/mol. The van der Waals surface area contributed by atoms with Gasteiger partial charge in [-0.25, -0.2) is 0 Å². The molecule has 0 aliphatic heterocycles. The van der Waals surface area contributed by atoms with Crippen molar-refractivity contribution in [1.29, 1.82) is 0 Å². The van der Waals surface area contributed by atoms with Crippen LogP contribution in [-0.2, 0) is 0 Å². The lowest BCUT2D eigenvalue weighted by molar-refractivity contribution is 0.836. The molecule has 0 aliphatic rings. The van der Waals surface area contributed by atoms with Gasteiger partial charge in [0.25, 0.3) is 0 Å². The lowest BCUT2D eigenvalue weighted by Gasteiger charge is -2.12. The summed E-state index contributed by atoms with van der Waals surface area (Å²) in [6.45, 7) is 0. The largest absolute Gasteiger partial charge is 0.192 e. The highest BCUT2D eigenvalue weighted by Gasteiger charge is 2.23. The van der Waals surface area contributed by atoms with Gasteiger partial charge in [-0.15, -0.1) is 23.2 Å².